The van der Waals surface area contributed by atoms with Crippen molar-refractivity contribution >= 4 is 57.9 Å². The van der Waals surface area contributed by atoms with Gasteiger partial charge in [0.2, 0.25) is 11.8 Å². The van der Waals surface area contributed by atoms with Gasteiger partial charge in [-0.15, -0.1) is 0 Å². The lowest BCUT2D eigenvalue weighted by molar-refractivity contribution is -0.130. The maximum atomic E-state index is 13.5. The first kappa shape index (κ1) is 33.5. The molecule has 1 heterocycles. The summed E-state index contributed by atoms with van der Waals surface area (Å²) in [5, 5.41) is 9.32. The van der Waals surface area contributed by atoms with E-state index in [0.29, 0.717) is 21.9 Å². The van der Waals surface area contributed by atoms with Crippen LogP contribution in [0.25, 0.3) is 10.8 Å². The number of likely N-dealkylation sites (N-methyl/N-ethyl adjacent to an activating group) is 1. The molecular weight excluding hydrogens is 651 g/mol. The largest absolute Gasteiger partial charge is 0.357 e. The van der Waals surface area contributed by atoms with Crippen LogP contribution in [-0.2, 0) is 20.6 Å². The van der Waals surface area contributed by atoms with Gasteiger partial charge in [0.05, 0.1) is 6.04 Å². The molecule has 0 saturated heterocycles. The van der Waals surface area contributed by atoms with Gasteiger partial charge in [0.1, 0.15) is 11.8 Å². The number of nitrogens with zero attached hydrogens (tertiary/aromatic N) is 1. The molecule has 0 unspecified atom stereocenters. The van der Waals surface area contributed by atoms with E-state index in [9.17, 15) is 33.5 Å². The molecule has 0 aromatic heterocycles. The third-order valence-corrected chi connectivity index (χ3v) is 9.46. The smallest absolute Gasteiger partial charge is 0.342 e. The highest BCUT2D eigenvalue weighted by atomic mass is 79.9. The molecule has 0 spiro atoms. The highest BCUT2D eigenvalue weighted by molar-refractivity contribution is 9.10. The molecule has 0 saturated carbocycles. The second kappa shape index (κ2) is 14.1. The van der Waals surface area contributed by atoms with Crippen LogP contribution >= 0.6 is 23.5 Å². The molecule has 3 aromatic rings. The summed E-state index contributed by atoms with van der Waals surface area (Å²) in [7, 11) is -3.42. The molecule has 0 aliphatic carbocycles. The summed E-state index contributed by atoms with van der Waals surface area (Å²) in [4.78, 5) is 74.5. The summed E-state index contributed by atoms with van der Waals surface area (Å²) in [5.41, 5.74) is 1.45. The number of carbonyl (C=O) groups excluding carboxylic acids is 4. The molecule has 0 radical (unpaired) electrons. The minimum Gasteiger partial charge on any atom is -0.357 e. The number of amides is 4. The maximum absolute atomic E-state index is 13.5. The van der Waals surface area contributed by atoms with Crippen LogP contribution in [-0.4, -0.2) is 69.8 Å². The normalized spacial score (nSPS) is 15.3. The molecule has 5 N–H and O–H groups in total. The van der Waals surface area contributed by atoms with E-state index < -0.39 is 49.1 Å². The van der Waals surface area contributed by atoms with Gasteiger partial charge in [0, 0.05) is 41.0 Å². The van der Waals surface area contributed by atoms with E-state index in [2.05, 4.69) is 31.9 Å². The van der Waals surface area contributed by atoms with Gasteiger partial charge in [-0.2, -0.15) is 0 Å². The first-order valence-corrected chi connectivity index (χ1v) is 16.7. The van der Waals surface area contributed by atoms with Crippen LogP contribution < -0.4 is 16.0 Å². The number of benzene rings is 3. The van der Waals surface area contributed by atoms with Crippen LogP contribution in [0.3, 0.4) is 0 Å². The van der Waals surface area contributed by atoms with E-state index in [1.807, 2.05) is 44.2 Å². The summed E-state index contributed by atoms with van der Waals surface area (Å²) < 4.78 is 13.4. The summed E-state index contributed by atoms with van der Waals surface area (Å²) in [6.07, 6.45) is 0.112. The third-order valence-electron chi connectivity index (χ3n) is 7.55. The fourth-order valence-corrected chi connectivity index (χ4v) is 6.66. The molecule has 3 aromatic carbocycles. The Morgan fingerprint density at radius 1 is 0.909 bits per heavy atom. The summed E-state index contributed by atoms with van der Waals surface area (Å²) in [6, 6.07) is 15.6. The topological polar surface area (TPSA) is 165 Å². The van der Waals surface area contributed by atoms with Crippen LogP contribution in [0, 0.1) is 5.92 Å². The van der Waals surface area contributed by atoms with E-state index in [1.165, 1.54) is 7.05 Å². The zero-order valence-electron chi connectivity index (χ0n) is 24.6. The lowest BCUT2D eigenvalue weighted by Crippen LogP contribution is -2.55. The molecule has 13 heteroatoms. The first-order chi connectivity index (χ1) is 20.8. The highest BCUT2D eigenvalue weighted by Gasteiger charge is 2.38. The highest BCUT2D eigenvalue weighted by Crippen LogP contribution is 2.42. The molecule has 4 amide bonds. The Labute approximate surface area is 264 Å². The van der Waals surface area contributed by atoms with E-state index in [-0.39, 0.29) is 31.7 Å². The maximum Gasteiger partial charge on any atom is 0.342 e. The van der Waals surface area contributed by atoms with Crippen molar-refractivity contribution in [1.82, 2.24) is 20.9 Å². The van der Waals surface area contributed by atoms with Crippen LogP contribution in [0.4, 0.5) is 0 Å². The van der Waals surface area contributed by atoms with Gasteiger partial charge in [0.25, 0.3) is 11.8 Å². The number of rotatable bonds is 13. The molecule has 44 heavy (non-hydrogen) atoms. The Morgan fingerprint density at radius 3 is 2.18 bits per heavy atom. The Bertz CT molecular complexity index is 1590. The lowest BCUT2D eigenvalue weighted by atomic mass is 9.94. The Balaban J connectivity index is 1.54. The Morgan fingerprint density at radius 2 is 1.57 bits per heavy atom. The van der Waals surface area contributed by atoms with Gasteiger partial charge in [-0.1, -0.05) is 72.2 Å². The van der Waals surface area contributed by atoms with Gasteiger partial charge in [0.15, 0.2) is 0 Å². The molecule has 0 bridgehead atoms. The molecule has 1 aliphatic heterocycles. The number of halogens is 1. The average Bonchev–Trinajstić information content (AvgIpc) is 2.98. The number of hydrogen-bond donors (Lipinski definition) is 5. The van der Waals surface area contributed by atoms with Crippen molar-refractivity contribution < 1.29 is 33.5 Å². The molecule has 1 aliphatic rings. The third kappa shape index (κ3) is 7.62. The van der Waals surface area contributed by atoms with Crippen LogP contribution in [0.1, 0.15) is 53.0 Å². The molecule has 3 atom stereocenters. The monoisotopic (exact) mass is 686 g/mol. The summed E-state index contributed by atoms with van der Waals surface area (Å²) in [5.74, 6) is -3.75. The molecule has 11 nitrogen and oxygen atoms in total. The van der Waals surface area contributed by atoms with Crippen LogP contribution in [0.2, 0.25) is 0 Å². The van der Waals surface area contributed by atoms with Crippen molar-refractivity contribution in [2.45, 2.75) is 51.0 Å². The second-order valence-corrected chi connectivity index (χ2v) is 13.8. The van der Waals surface area contributed by atoms with E-state index in [0.717, 1.165) is 14.9 Å². The number of nitrogens with one attached hydrogen (secondary N) is 3. The van der Waals surface area contributed by atoms with Crippen molar-refractivity contribution in [1.29, 1.82) is 0 Å². The van der Waals surface area contributed by atoms with Crippen molar-refractivity contribution in [2.75, 3.05) is 13.6 Å². The number of imide groups is 1. The van der Waals surface area contributed by atoms with Gasteiger partial charge < -0.3 is 20.4 Å². The van der Waals surface area contributed by atoms with Crippen molar-refractivity contribution in [2.24, 2.45) is 5.92 Å². The standard InChI is InChI=1S/C31H36BrN4O7P/c1-18(2)16-24(29(38)35-25(28(37)33-3)17-19-8-5-4-6-9-19)34-26(44(41,42)43)14-15-36-30(39)21-11-7-10-20-23(32)13-12-22(27(20)21)31(36)40/h4-13,18,24-26,34H,14-17H2,1-3H3,(H,33,37)(H,35,38)(H2,41,42,43)/t24-,25-,26+/m0/s1. The SMILES string of the molecule is CNC(=O)[C@H](Cc1ccccc1)NC(=O)[C@H](CC(C)C)N[C@@H](CCN1C(=O)c2cccc3c(Br)ccc(c23)C1=O)P(=O)(O)O. The second-order valence-electron chi connectivity index (χ2n) is 11.2. The number of carbonyl (C=O) groups is 4. The quantitative estimate of drug-likeness (QED) is 0.135. The summed E-state index contributed by atoms with van der Waals surface area (Å²) >= 11 is 3.45. The summed E-state index contributed by atoms with van der Waals surface area (Å²) in [6.45, 7) is 3.42. The lowest BCUT2D eigenvalue weighted by Gasteiger charge is -2.31. The predicted octanol–water partition coefficient (Wildman–Crippen LogP) is 3.57. The molecule has 234 valence electrons. The average molecular weight is 688 g/mol. The minimum absolute atomic E-state index is 0.0511. The fraction of sp³-hybridized carbons (Fsp3) is 0.355. The zero-order chi connectivity index (χ0) is 32.2. The van der Waals surface area contributed by atoms with Gasteiger partial charge in [-0.3, -0.25) is 34.0 Å². The van der Waals surface area contributed by atoms with Crippen molar-refractivity contribution in [3.8, 4) is 0 Å². The Hall–Kier alpha value is -3.41. The minimum atomic E-state index is -4.88. The van der Waals surface area contributed by atoms with Gasteiger partial charge in [-0.25, -0.2) is 0 Å². The first-order valence-electron chi connectivity index (χ1n) is 14.3. The molecular formula is C31H36BrN4O7P. The predicted molar refractivity (Wildman–Crippen MR) is 170 cm³/mol. The van der Waals surface area contributed by atoms with Crippen molar-refractivity contribution in [3.63, 3.8) is 0 Å². The van der Waals surface area contributed by atoms with Crippen molar-refractivity contribution in [3.05, 3.63) is 81.8 Å². The number of hydrogen-bond acceptors (Lipinski definition) is 6. The van der Waals surface area contributed by atoms with E-state index in [1.54, 1.807) is 30.3 Å². The van der Waals surface area contributed by atoms with Gasteiger partial charge in [-0.05, 0) is 47.9 Å². The van der Waals surface area contributed by atoms with Crippen LogP contribution in [0.15, 0.2) is 65.1 Å². The Kier molecular flexibility index (Phi) is 10.8. The van der Waals surface area contributed by atoms with E-state index >= 15 is 0 Å². The molecule has 4 rings (SSSR count). The molecule has 0 fully saturated rings. The van der Waals surface area contributed by atoms with E-state index in [4.69, 9.17) is 0 Å². The van der Waals surface area contributed by atoms with Crippen LogP contribution in [0.5, 0.6) is 0 Å². The zero-order valence-corrected chi connectivity index (χ0v) is 27.1. The van der Waals surface area contributed by atoms with Gasteiger partial charge >= 0.3 is 7.60 Å². The fourth-order valence-electron chi connectivity index (χ4n) is 5.37.